The Morgan fingerprint density at radius 3 is 2.21 bits per heavy atom. The molecular formula is C15H25NO3. The van der Waals surface area contributed by atoms with Crippen molar-refractivity contribution in [2.45, 2.75) is 38.3 Å². The van der Waals surface area contributed by atoms with Crippen molar-refractivity contribution < 1.29 is 14.9 Å². The molecule has 1 rings (SSSR count). The van der Waals surface area contributed by atoms with Crippen LogP contribution < -0.4 is 10.1 Å². The summed E-state index contributed by atoms with van der Waals surface area (Å²) >= 11 is 0. The Morgan fingerprint density at radius 2 is 1.79 bits per heavy atom. The summed E-state index contributed by atoms with van der Waals surface area (Å²) in [5, 5.41) is 22.9. The van der Waals surface area contributed by atoms with Crippen molar-refractivity contribution in [1.82, 2.24) is 5.32 Å². The zero-order valence-electron chi connectivity index (χ0n) is 12.0. The van der Waals surface area contributed by atoms with Crippen molar-refractivity contribution in [2.75, 3.05) is 20.3 Å². The average Bonchev–Trinajstić information content (AvgIpc) is 2.49. The molecule has 0 spiro atoms. The summed E-state index contributed by atoms with van der Waals surface area (Å²) in [4.78, 5) is 0. The molecule has 19 heavy (non-hydrogen) atoms. The van der Waals surface area contributed by atoms with Crippen LogP contribution in [0.15, 0.2) is 24.3 Å². The third kappa shape index (κ3) is 4.20. The highest BCUT2D eigenvalue weighted by Crippen LogP contribution is 2.19. The third-order valence-electron chi connectivity index (χ3n) is 3.83. The molecular weight excluding hydrogens is 242 g/mol. The molecule has 0 heterocycles. The van der Waals surface area contributed by atoms with Gasteiger partial charge in [-0.25, -0.2) is 0 Å². The number of hydrogen-bond donors (Lipinski definition) is 3. The summed E-state index contributed by atoms with van der Waals surface area (Å²) in [7, 11) is 1.62. The van der Waals surface area contributed by atoms with Gasteiger partial charge in [-0.05, 0) is 30.5 Å². The average molecular weight is 267 g/mol. The van der Waals surface area contributed by atoms with E-state index in [2.05, 4.69) is 5.32 Å². The summed E-state index contributed by atoms with van der Waals surface area (Å²) in [6.45, 7) is 4.57. The van der Waals surface area contributed by atoms with Crippen LogP contribution in [-0.2, 0) is 0 Å². The number of aliphatic hydroxyl groups is 2. The molecule has 1 aromatic rings. The van der Waals surface area contributed by atoms with Crippen LogP contribution in [0.4, 0.5) is 0 Å². The van der Waals surface area contributed by atoms with Gasteiger partial charge in [0.25, 0.3) is 0 Å². The number of aliphatic hydroxyl groups excluding tert-OH is 2. The van der Waals surface area contributed by atoms with Crippen LogP contribution in [-0.4, -0.2) is 36.0 Å². The lowest BCUT2D eigenvalue weighted by atomic mass is 9.93. The highest BCUT2D eigenvalue weighted by molar-refractivity contribution is 5.28. The highest BCUT2D eigenvalue weighted by atomic mass is 16.5. The molecule has 0 saturated carbocycles. The standard InChI is InChI=1S/C15H25NO3/c1-4-15(5-2,11-17)16-10-14(18)12-6-8-13(19-3)9-7-12/h6-9,14,16-18H,4-5,10-11H2,1-3H3. The van der Waals surface area contributed by atoms with E-state index in [1.807, 2.05) is 38.1 Å². The second-order valence-electron chi connectivity index (χ2n) is 4.82. The molecule has 4 heteroatoms. The molecule has 0 radical (unpaired) electrons. The zero-order valence-corrected chi connectivity index (χ0v) is 12.0. The van der Waals surface area contributed by atoms with Gasteiger partial charge in [0.2, 0.25) is 0 Å². The van der Waals surface area contributed by atoms with Crippen molar-refractivity contribution in [3.05, 3.63) is 29.8 Å². The van der Waals surface area contributed by atoms with Gasteiger partial charge in [-0.2, -0.15) is 0 Å². The first kappa shape index (κ1) is 16.0. The van der Waals surface area contributed by atoms with E-state index in [1.165, 1.54) is 0 Å². The van der Waals surface area contributed by atoms with Gasteiger partial charge < -0.3 is 20.3 Å². The predicted octanol–water partition coefficient (Wildman–Crippen LogP) is 1.87. The molecule has 3 N–H and O–H groups in total. The Labute approximate surface area is 115 Å². The molecule has 0 aliphatic heterocycles. The smallest absolute Gasteiger partial charge is 0.118 e. The zero-order chi connectivity index (χ0) is 14.3. The van der Waals surface area contributed by atoms with Crippen LogP contribution in [0, 0.1) is 0 Å². The maximum absolute atomic E-state index is 10.1. The lowest BCUT2D eigenvalue weighted by molar-refractivity contribution is 0.114. The molecule has 4 nitrogen and oxygen atoms in total. The van der Waals surface area contributed by atoms with Gasteiger partial charge in [-0.1, -0.05) is 26.0 Å². The quantitative estimate of drug-likeness (QED) is 0.673. The first-order valence-corrected chi connectivity index (χ1v) is 6.78. The second-order valence-corrected chi connectivity index (χ2v) is 4.82. The maximum Gasteiger partial charge on any atom is 0.118 e. The van der Waals surface area contributed by atoms with Crippen molar-refractivity contribution in [2.24, 2.45) is 0 Å². The van der Waals surface area contributed by atoms with E-state index >= 15 is 0 Å². The topological polar surface area (TPSA) is 61.7 Å². The number of nitrogens with one attached hydrogen (secondary N) is 1. The first-order valence-electron chi connectivity index (χ1n) is 6.78. The summed E-state index contributed by atoms with van der Waals surface area (Å²) in [5.74, 6) is 0.774. The van der Waals surface area contributed by atoms with Crippen LogP contribution >= 0.6 is 0 Å². The Bertz CT molecular complexity index is 352. The molecule has 0 amide bonds. The fraction of sp³-hybridized carbons (Fsp3) is 0.600. The summed E-state index contributed by atoms with van der Waals surface area (Å²) < 4.78 is 5.09. The van der Waals surface area contributed by atoms with Gasteiger partial charge in [-0.3, -0.25) is 0 Å². The van der Waals surface area contributed by atoms with Crippen molar-refractivity contribution in [3.63, 3.8) is 0 Å². The molecule has 0 aliphatic carbocycles. The Kier molecular flexibility index (Phi) is 6.28. The van der Waals surface area contributed by atoms with Crippen LogP contribution in [0.1, 0.15) is 38.4 Å². The molecule has 1 unspecified atom stereocenters. The number of methoxy groups -OCH3 is 1. The van der Waals surface area contributed by atoms with Crippen LogP contribution in [0.3, 0.4) is 0 Å². The van der Waals surface area contributed by atoms with Gasteiger partial charge in [0.05, 0.1) is 19.8 Å². The van der Waals surface area contributed by atoms with Gasteiger partial charge in [0, 0.05) is 12.1 Å². The van der Waals surface area contributed by atoms with E-state index in [0.29, 0.717) is 6.54 Å². The van der Waals surface area contributed by atoms with E-state index in [4.69, 9.17) is 4.74 Å². The fourth-order valence-corrected chi connectivity index (χ4v) is 2.04. The van der Waals surface area contributed by atoms with E-state index in [1.54, 1.807) is 7.11 Å². The van der Waals surface area contributed by atoms with E-state index < -0.39 is 6.10 Å². The normalized spacial score (nSPS) is 13.3. The molecule has 0 aliphatic rings. The molecule has 0 bridgehead atoms. The lowest BCUT2D eigenvalue weighted by Gasteiger charge is -2.32. The van der Waals surface area contributed by atoms with Gasteiger partial charge >= 0.3 is 0 Å². The minimum Gasteiger partial charge on any atom is -0.497 e. The SMILES string of the molecule is CCC(CC)(CO)NCC(O)c1ccc(OC)cc1. The van der Waals surface area contributed by atoms with E-state index in [0.717, 1.165) is 24.2 Å². The number of β-amino-alcohol motifs (C(OH)–C–C–N with tert-alkyl or cyclic N) is 1. The predicted molar refractivity (Wildman–Crippen MR) is 76.4 cm³/mol. The van der Waals surface area contributed by atoms with Crippen LogP contribution in [0.2, 0.25) is 0 Å². The lowest BCUT2D eigenvalue weighted by Crippen LogP contribution is -2.49. The van der Waals surface area contributed by atoms with Crippen LogP contribution in [0.5, 0.6) is 5.75 Å². The molecule has 0 fully saturated rings. The molecule has 108 valence electrons. The Morgan fingerprint density at radius 1 is 1.21 bits per heavy atom. The molecule has 0 saturated heterocycles. The molecule has 1 aromatic carbocycles. The van der Waals surface area contributed by atoms with Crippen molar-refractivity contribution in [1.29, 1.82) is 0 Å². The number of benzene rings is 1. The van der Waals surface area contributed by atoms with E-state index in [9.17, 15) is 10.2 Å². The summed E-state index contributed by atoms with van der Waals surface area (Å²) in [5.41, 5.74) is 0.542. The number of ether oxygens (including phenoxy) is 1. The third-order valence-corrected chi connectivity index (χ3v) is 3.83. The van der Waals surface area contributed by atoms with Gasteiger partial charge in [-0.15, -0.1) is 0 Å². The monoisotopic (exact) mass is 267 g/mol. The minimum atomic E-state index is -0.588. The number of rotatable bonds is 8. The van der Waals surface area contributed by atoms with Crippen molar-refractivity contribution in [3.8, 4) is 5.75 Å². The van der Waals surface area contributed by atoms with E-state index in [-0.39, 0.29) is 12.1 Å². The maximum atomic E-state index is 10.1. The van der Waals surface area contributed by atoms with Crippen LogP contribution in [0.25, 0.3) is 0 Å². The second kappa shape index (κ2) is 7.48. The van der Waals surface area contributed by atoms with Gasteiger partial charge in [0.15, 0.2) is 0 Å². The highest BCUT2D eigenvalue weighted by Gasteiger charge is 2.25. The van der Waals surface area contributed by atoms with Crippen molar-refractivity contribution >= 4 is 0 Å². The molecule has 0 aromatic heterocycles. The minimum absolute atomic E-state index is 0.0787. The largest absolute Gasteiger partial charge is 0.497 e. The number of hydrogen-bond acceptors (Lipinski definition) is 4. The summed E-state index contributed by atoms with van der Waals surface area (Å²) in [6.07, 6.45) is 1.07. The Hall–Kier alpha value is -1.10. The van der Waals surface area contributed by atoms with Gasteiger partial charge in [0.1, 0.15) is 5.75 Å². The summed E-state index contributed by atoms with van der Waals surface area (Å²) in [6, 6.07) is 7.36. The fourth-order valence-electron chi connectivity index (χ4n) is 2.04. The molecule has 1 atom stereocenters. The first-order chi connectivity index (χ1) is 9.10. The Balaban J connectivity index is 2.60.